The fourth-order valence-corrected chi connectivity index (χ4v) is 2.57. The minimum absolute atomic E-state index is 0. The molecule has 0 bridgehead atoms. The Bertz CT molecular complexity index is 977. The minimum atomic E-state index is -4.39. The lowest BCUT2D eigenvalue weighted by Gasteiger charge is -2.11. The highest BCUT2D eigenvalue weighted by Crippen LogP contribution is 2.29. The average molecular weight is 558 g/mol. The standard InChI is InChI=1S/C23H25F3N4O.HI/c1-4-27-22(29-16-18-10-12-19(13-11-18)21(31)30(2)3)28-14-6-8-17-7-5-9-20(15-17)23(24,25)26;/h5,7,9-13,15H,4,14,16H2,1-3H3,(H2,27,28,29);1H. The molecule has 0 spiro atoms. The molecule has 32 heavy (non-hydrogen) atoms. The Morgan fingerprint density at radius 3 is 2.38 bits per heavy atom. The van der Waals surface area contributed by atoms with Crippen LogP contribution in [0.1, 0.15) is 34.0 Å². The van der Waals surface area contributed by atoms with Gasteiger partial charge in [-0.05, 0) is 42.8 Å². The molecule has 2 rings (SSSR count). The number of nitrogens with zero attached hydrogens (tertiary/aromatic N) is 2. The first-order valence-electron chi connectivity index (χ1n) is 9.69. The van der Waals surface area contributed by atoms with Gasteiger partial charge in [0.25, 0.3) is 5.91 Å². The van der Waals surface area contributed by atoms with Crippen molar-refractivity contribution in [2.75, 3.05) is 27.2 Å². The summed E-state index contributed by atoms with van der Waals surface area (Å²) in [5.41, 5.74) is 1.11. The van der Waals surface area contributed by atoms with E-state index in [4.69, 9.17) is 0 Å². The van der Waals surface area contributed by atoms with E-state index in [0.717, 1.165) is 17.7 Å². The predicted octanol–water partition coefficient (Wildman–Crippen LogP) is 4.13. The Morgan fingerprint density at radius 1 is 1.09 bits per heavy atom. The number of rotatable bonds is 5. The van der Waals surface area contributed by atoms with Gasteiger partial charge < -0.3 is 15.5 Å². The summed E-state index contributed by atoms with van der Waals surface area (Å²) in [5, 5.41) is 6.12. The van der Waals surface area contributed by atoms with E-state index in [1.165, 1.54) is 17.0 Å². The van der Waals surface area contributed by atoms with Crippen molar-refractivity contribution in [3.8, 4) is 11.8 Å². The van der Waals surface area contributed by atoms with Crippen LogP contribution in [0.3, 0.4) is 0 Å². The summed E-state index contributed by atoms with van der Waals surface area (Å²) < 4.78 is 38.3. The Hall–Kier alpha value is -2.74. The fourth-order valence-electron chi connectivity index (χ4n) is 2.57. The van der Waals surface area contributed by atoms with Crippen molar-refractivity contribution >= 4 is 35.8 Å². The van der Waals surface area contributed by atoms with Gasteiger partial charge in [0.05, 0.1) is 18.7 Å². The van der Waals surface area contributed by atoms with Crippen molar-refractivity contribution in [1.29, 1.82) is 0 Å². The average Bonchev–Trinajstić information content (AvgIpc) is 2.74. The number of nitrogens with one attached hydrogen (secondary N) is 2. The number of halogens is 4. The number of guanidine groups is 1. The van der Waals surface area contributed by atoms with Crippen LogP contribution in [0.25, 0.3) is 0 Å². The number of carbonyl (C=O) groups is 1. The van der Waals surface area contributed by atoms with Gasteiger partial charge in [-0.3, -0.25) is 4.79 Å². The van der Waals surface area contributed by atoms with E-state index in [0.29, 0.717) is 30.2 Å². The van der Waals surface area contributed by atoms with E-state index in [9.17, 15) is 18.0 Å². The lowest BCUT2D eigenvalue weighted by Crippen LogP contribution is -2.37. The molecule has 0 aliphatic heterocycles. The van der Waals surface area contributed by atoms with Crippen molar-refractivity contribution < 1.29 is 18.0 Å². The topological polar surface area (TPSA) is 56.7 Å². The van der Waals surface area contributed by atoms with Crippen LogP contribution in [-0.2, 0) is 12.7 Å². The van der Waals surface area contributed by atoms with E-state index in [1.807, 2.05) is 19.1 Å². The zero-order valence-electron chi connectivity index (χ0n) is 18.1. The molecule has 2 aromatic rings. The van der Waals surface area contributed by atoms with Crippen LogP contribution in [0.2, 0.25) is 0 Å². The molecular formula is C23H26F3IN4O. The van der Waals surface area contributed by atoms with Gasteiger partial charge in [-0.2, -0.15) is 13.2 Å². The molecule has 0 fully saturated rings. The molecule has 5 nitrogen and oxygen atoms in total. The largest absolute Gasteiger partial charge is 0.416 e. The molecule has 0 atom stereocenters. The van der Waals surface area contributed by atoms with Gasteiger partial charge in [0.2, 0.25) is 0 Å². The molecule has 0 heterocycles. The third kappa shape index (κ3) is 8.78. The number of aliphatic imine (C=N–C) groups is 1. The van der Waals surface area contributed by atoms with Gasteiger partial charge in [0.15, 0.2) is 5.96 Å². The molecule has 2 aromatic carbocycles. The van der Waals surface area contributed by atoms with Gasteiger partial charge in [-0.15, -0.1) is 24.0 Å². The third-order valence-electron chi connectivity index (χ3n) is 4.14. The number of hydrogen-bond acceptors (Lipinski definition) is 2. The van der Waals surface area contributed by atoms with Crippen LogP contribution >= 0.6 is 24.0 Å². The van der Waals surface area contributed by atoms with Crippen molar-refractivity contribution in [2.24, 2.45) is 4.99 Å². The van der Waals surface area contributed by atoms with E-state index >= 15 is 0 Å². The summed E-state index contributed by atoms with van der Waals surface area (Å²) >= 11 is 0. The first-order chi connectivity index (χ1) is 14.7. The van der Waals surface area contributed by atoms with Crippen molar-refractivity contribution in [3.63, 3.8) is 0 Å². The third-order valence-corrected chi connectivity index (χ3v) is 4.14. The second-order valence-corrected chi connectivity index (χ2v) is 6.83. The SMILES string of the molecule is CCNC(=NCc1ccc(C(=O)N(C)C)cc1)NCC#Cc1cccc(C(F)(F)F)c1.I. The zero-order chi connectivity index (χ0) is 22.9. The first kappa shape index (κ1) is 27.3. The van der Waals surface area contributed by atoms with Gasteiger partial charge in [-0.1, -0.05) is 30.0 Å². The van der Waals surface area contributed by atoms with E-state index < -0.39 is 11.7 Å². The van der Waals surface area contributed by atoms with Crippen molar-refractivity contribution in [2.45, 2.75) is 19.6 Å². The van der Waals surface area contributed by atoms with Gasteiger partial charge in [-0.25, -0.2) is 4.99 Å². The van der Waals surface area contributed by atoms with E-state index in [-0.39, 0.29) is 36.4 Å². The maximum Gasteiger partial charge on any atom is 0.416 e. The molecule has 0 saturated heterocycles. The van der Waals surface area contributed by atoms with E-state index in [1.54, 1.807) is 26.2 Å². The summed E-state index contributed by atoms with van der Waals surface area (Å²) in [5.74, 6) is 6.00. The van der Waals surface area contributed by atoms with Gasteiger partial charge in [0.1, 0.15) is 0 Å². The number of hydrogen-bond donors (Lipinski definition) is 2. The molecule has 0 saturated carbocycles. The fraction of sp³-hybridized carbons (Fsp3) is 0.304. The molecule has 0 radical (unpaired) electrons. The highest BCUT2D eigenvalue weighted by atomic mass is 127. The maximum absolute atomic E-state index is 12.8. The molecule has 2 N–H and O–H groups in total. The molecule has 172 valence electrons. The molecular weight excluding hydrogens is 532 g/mol. The second kappa shape index (κ2) is 13.0. The molecule has 1 amide bonds. The highest BCUT2D eigenvalue weighted by molar-refractivity contribution is 14.0. The summed E-state index contributed by atoms with van der Waals surface area (Å²) in [7, 11) is 3.40. The van der Waals surface area contributed by atoms with Gasteiger partial charge >= 0.3 is 6.18 Å². The Morgan fingerprint density at radius 2 is 1.78 bits per heavy atom. The maximum atomic E-state index is 12.8. The van der Waals surface area contributed by atoms with Crippen LogP contribution in [0.4, 0.5) is 13.2 Å². The predicted molar refractivity (Wildman–Crippen MR) is 131 cm³/mol. The molecule has 0 aliphatic rings. The smallest absolute Gasteiger partial charge is 0.357 e. The summed E-state index contributed by atoms with van der Waals surface area (Å²) in [6.45, 7) is 3.18. The monoisotopic (exact) mass is 558 g/mol. The Balaban J connectivity index is 0.00000512. The van der Waals surface area contributed by atoms with Gasteiger partial charge in [0, 0.05) is 31.8 Å². The number of alkyl halides is 3. The normalized spacial score (nSPS) is 11.0. The number of amides is 1. The van der Waals surface area contributed by atoms with Crippen LogP contribution in [0.5, 0.6) is 0 Å². The van der Waals surface area contributed by atoms with Crippen LogP contribution in [-0.4, -0.2) is 44.0 Å². The number of carbonyl (C=O) groups excluding carboxylic acids is 1. The van der Waals surface area contributed by atoms with Crippen LogP contribution in [0.15, 0.2) is 53.5 Å². The number of benzene rings is 2. The Labute approximate surface area is 203 Å². The summed E-state index contributed by atoms with van der Waals surface area (Å²) in [6, 6.07) is 12.1. The first-order valence-corrected chi connectivity index (χ1v) is 9.69. The zero-order valence-corrected chi connectivity index (χ0v) is 20.4. The molecule has 0 aliphatic carbocycles. The lowest BCUT2D eigenvalue weighted by molar-refractivity contribution is -0.137. The van der Waals surface area contributed by atoms with Crippen LogP contribution < -0.4 is 10.6 Å². The van der Waals surface area contributed by atoms with Crippen LogP contribution in [0, 0.1) is 11.8 Å². The van der Waals surface area contributed by atoms with Crippen molar-refractivity contribution in [1.82, 2.24) is 15.5 Å². The molecule has 0 unspecified atom stereocenters. The van der Waals surface area contributed by atoms with E-state index in [2.05, 4.69) is 27.5 Å². The van der Waals surface area contributed by atoms with Crippen molar-refractivity contribution in [3.05, 3.63) is 70.8 Å². The molecule has 9 heteroatoms. The minimum Gasteiger partial charge on any atom is -0.357 e. The summed E-state index contributed by atoms with van der Waals surface area (Å²) in [6.07, 6.45) is -4.39. The molecule has 0 aromatic heterocycles. The summed E-state index contributed by atoms with van der Waals surface area (Å²) in [4.78, 5) is 17.9. The highest BCUT2D eigenvalue weighted by Gasteiger charge is 2.30. The lowest BCUT2D eigenvalue weighted by atomic mass is 10.1. The Kier molecular flexibility index (Phi) is 11.1. The quantitative estimate of drug-likeness (QED) is 0.251. The second-order valence-electron chi connectivity index (χ2n) is 6.83.